The number of hydrogen-bond acceptors (Lipinski definition) is 10. The van der Waals surface area contributed by atoms with E-state index < -0.39 is 27.8 Å². The van der Waals surface area contributed by atoms with Gasteiger partial charge in [-0.3, -0.25) is 0 Å². The fraction of sp³-hybridized carbons (Fsp3) is 0.571. The zero-order valence-corrected chi connectivity index (χ0v) is 24.1. The van der Waals surface area contributed by atoms with Crippen molar-refractivity contribution in [2.45, 2.75) is 62.7 Å². The van der Waals surface area contributed by atoms with E-state index in [0.717, 1.165) is 5.56 Å². The van der Waals surface area contributed by atoms with Crippen LogP contribution in [0.5, 0.6) is 28.7 Å². The van der Waals surface area contributed by atoms with Gasteiger partial charge in [0.15, 0.2) is 32.8 Å². The Morgan fingerprint density at radius 1 is 0.897 bits per heavy atom. The highest BCUT2D eigenvalue weighted by molar-refractivity contribution is 7.91. The van der Waals surface area contributed by atoms with Crippen LogP contribution >= 0.6 is 0 Å². The van der Waals surface area contributed by atoms with E-state index in [4.69, 9.17) is 28.4 Å². The second-order valence-electron chi connectivity index (χ2n) is 9.40. The second kappa shape index (κ2) is 14.1. The van der Waals surface area contributed by atoms with Gasteiger partial charge >= 0.3 is 0 Å². The van der Waals surface area contributed by atoms with Crippen LogP contribution in [0.2, 0.25) is 0 Å². The van der Waals surface area contributed by atoms with Crippen molar-refractivity contribution >= 4 is 9.84 Å². The van der Waals surface area contributed by atoms with E-state index in [2.05, 4.69) is 0 Å². The van der Waals surface area contributed by atoms with E-state index in [0.29, 0.717) is 48.5 Å². The Balaban J connectivity index is 2.03. The number of sulfone groups is 1. The Morgan fingerprint density at radius 3 is 2.00 bits per heavy atom. The fourth-order valence-electron chi connectivity index (χ4n) is 4.54. The van der Waals surface area contributed by atoms with Gasteiger partial charge in [-0.2, -0.15) is 0 Å². The average Bonchev–Trinajstić information content (AvgIpc) is 3.41. The Labute approximate surface area is 230 Å². The van der Waals surface area contributed by atoms with E-state index in [9.17, 15) is 18.6 Å². The molecule has 1 fully saturated rings. The number of aliphatic hydroxyl groups excluding tert-OH is 2. The molecule has 2 aromatic rings. The molecular weight excluding hydrogens is 528 g/mol. The van der Waals surface area contributed by atoms with E-state index in [1.165, 1.54) is 6.92 Å². The van der Waals surface area contributed by atoms with E-state index in [-0.39, 0.29) is 42.3 Å². The first-order valence-corrected chi connectivity index (χ1v) is 14.7. The summed E-state index contributed by atoms with van der Waals surface area (Å²) in [6.45, 7) is 3.74. The lowest BCUT2D eigenvalue weighted by Crippen LogP contribution is -2.19. The third-order valence-electron chi connectivity index (χ3n) is 6.30. The quantitative estimate of drug-likeness (QED) is 0.304. The summed E-state index contributed by atoms with van der Waals surface area (Å²) in [5, 5.41) is 19.1. The largest absolute Gasteiger partial charge is 0.493 e. The van der Waals surface area contributed by atoms with Gasteiger partial charge in [0, 0.05) is 13.0 Å². The highest BCUT2D eigenvalue weighted by atomic mass is 32.2. The molecule has 1 aliphatic heterocycles. The monoisotopic (exact) mass is 568 g/mol. The summed E-state index contributed by atoms with van der Waals surface area (Å²) < 4.78 is 61.3. The standard InChI is InChI=1S/C28H40O10S/c1-6-11-37-28-25(36-12-7-10-29)15-20(16-26(28)39(31,32)17-18(2)30)22-9-8-21(38-22)19-13-23(33-3)27(35-5)24(14-19)34-4/h13-16,18,21-22,29-30H,6-12,17H2,1-5H3/t18?,21-,22-/m0/s1. The van der Waals surface area contributed by atoms with Gasteiger partial charge in [0.1, 0.15) is 4.90 Å². The normalized spacial score (nSPS) is 18.0. The Morgan fingerprint density at radius 2 is 1.49 bits per heavy atom. The summed E-state index contributed by atoms with van der Waals surface area (Å²) in [6.07, 6.45) is 0.553. The number of methoxy groups -OCH3 is 3. The molecule has 0 saturated carbocycles. The molecule has 1 saturated heterocycles. The van der Waals surface area contributed by atoms with Crippen LogP contribution in [0, 0.1) is 0 Å². The Kier molecular flexibility index (Phi) is 11.1. The molecule has 0 bridgehead atoms. The predicted octanol–water partition coefficient (Wildman–Crippen LogP) is 4.01. The molecule has 0 amide bonds. The van der Waals surface area contributed by atoms with E-state index in [1.54, 1.807) is 33.5 Å². The fourth-order valence-corrected chi connectivity index (χ4v) is 6.11. The van der Waals surface area contributed by atoms with Crippen molar-refractivity contribution in [1.29, 1.82) is 0 Å². The van der Waals surface area contributed by atoms with Crippen LogP contribution in [0.25, 0.3) is 0 Å². The summed E-state index contributed by atoms with van der Waals surface area (Å²) >= 11 is 0. The van der Waals surface area contributed by atoms with Crippen LogP contribution in [0.1, 0.15) is 62.9 Å². The first-order chi connectivity index (χ1) is 18.7. The smallest absolute Gasteiger partial charge is 0.203 e. The third kappa shape index (κ3) is 7.47. The van der Waals surface area contributed by atoms with Gasteiger partial charge in [-0.15, -0.1) is 0 Å². The van der Waals surface area contributed by atoms with Gasteiger partial charge in [-0.1, -0.05) is 6.92 Å². The van der Waals surface area contributed by atoms with Gasteiger partial charge in [-0.25, -0.2) is 8.42 Å². The van der Waals surface area contributed by atoms with Crippen molar-refractivity contribution < 1.29 is 47.1 Å². The molecule has 0 aliphatic carbocycles. The lowest BCUT2D eigenvalue weighted by Gasteiger charge is -2.21. The number of ether oxygens (including phenoxy) is 6. The molecule has 3 atom stereocenters. The average molecular weight is 569 g/mol. The topological polar surface area (TPSA) is 130 Å². The first kappa shape index (κ1) is 30.8. The lowest BCUT2D eigenvalue weighted by atomic mass is 10.0. The van der Waals surface area contributed by atoms with Crippen LogP contribution in [-0.4, -0.2) is 71.6 Å². The zero-order chi connectivity index (χ0) is 28.6. The molecule has 39 heavy (non-hydrogen) atoms. The molecule has 3 rings (SSSR count). The van der Waals surface area contributed by atoms with Crippen molar-refractivity contribution in [2.75, 3.05) is 46.9 Å². The number of rotatable bonds is 15. The molecular formula is C28H40O10S. The number of benzene rings is 2. The summed E-state index contributed by atoms with van der Waals surface area (Å²) in [7, 11) is 0.718. The molecule has 2 aromatic carbocycles. The SMILES string of the molecule is CCCOc1c(OCCCO)cc([C@@H]2CC[C@@H](c3cc(OC)c(OC)c(OC)c3)O2)cc1S(=O)(=O)CC(C)O. The molecule has 1 heterocycles. The summed E-state index contributed by atoms with van der Waals surface area (Å²) in [4.78, 5) is -0.0480. The molecule has 0 aromatic heterocycles. The van der Waals surface area contributed by atoms with Crippen LogP contribution in [-0.2, 0) is 14.6 Å². The molecule has 11 heteroatoms. The zero-order valence-electron chi connectivity index (χ0n) is 23.3. The summed E-state index contributed by atoms with van der Waals surface area (Å²) in [5.41, 5.74) is 1.47. The minimum absolute atomic E-state index is 0.0480. The maximum absolute atomic E-state index is 13.3. The second-order valence-corrected chi connectivity index (χ2v) is 11.4. The molecule has 1 aliphatic rings. The van der Waals surface area contributed by atoms with Crippen molar-refractivity contribution in [3.05, 3.63) is 35.4 Å². The molecule has 1 unspecified atom stereocenters. The maximum atomic E-state index is 13.3. The molecule has 218 valence electrons. The minimum atomic E-state index is -3.92. The van der Waals surface area contributed by atoms with Gasteiger partial charge in [0.25, 0.3) is 0 Å². The molecule has 0 radical (unpaired) electrons. The maximum Gasteiger partial charge on any atom is 0.203 e. The van der Waals surface area contributed by atoms with Crippen molar-refractivity contribution in [1.82, 2.24) is 0 Å². The van der Waals surface area contributed by atoms with Crippen LogP contribution in [0.3, 0.4) is 0 Å². The summed E-state index contributed by atoms with van der Waals surface area (Å²) in [5.74, 6) is 1.43. The van der Waals surface area contributed by atoms with Gasteiger partial charge in [0.05, 0.1) is 58.6 Å². The van der Waals surface area contributed by atoms with Crippen molar-refractivity contribution in [3.63, 3.8) is 0 Å². The predicted molar refractivity (Wildman–Crippen MR) is 145 cm³/mol. The van der Waals surface area contributed by atoms with E-state index in [1.807, 2.05) is 19.1 Å². The lowest BCUT2D eigenvalue weighted by molar-refractivity contribution is 0.0434. The summed E-state index contributed by atoms with van der Waals surface area (Å²) in [6, 6.07) is 6.99. The van der Waals surface area contributed by atoms with Crippen LogP contribution < -0.4 is 23.7 Å². The van der Waals surface area contributed by atoms with Crippen molar-refractivity contribution in [3.8, 4) is 28.7 Å². The molecule has 10 nitrogen and oxygen atoms in total. The molecule has 2 N–H and O–H groups in total. The molecule has 0 spiro atoms. The Bertz CT molecular complexity index is 1170. The van der Waals surface area contributed by atoms with Gasteiger partial charge in [0.2, 0.25) is 5.75 Å². The van der Waals surface area contributed by atoms with Crippen LogP contribution in [0.4, 0.5) is 0 Å². The van der Waals surface area contributed by atoms with Gasteiger partial charge in [-0.05, 0) is 61.6 Å². The van der Waals surface area contributed by atoms with Gasteiger partial charge < -0.3 is 38.6 Å². The number of aliphatic hydroxyl groups is 2. The van der Waals surface area contributed by atoms with Crippen molar-refractivity contribution in [2.24, 2.45) is 0 Å². The van der Waals surface area contributed by atoms with Crippen LogP contribution in [0.15, 0.2) is 29.2 Å². The highest BCUT2D eigenvalue weighted by Crippen LogP contribution is 2.48. The number of hydrogen-bond donors (Lipinski definition) is 2. The first-order valence-electron chi connectivity index (χ1n) is 13.1. The third-order valence-corrected chi connectivity index (χ3v) is 8.19. The van der Waals surface area contributed by atoms with E-state index >= 15 is 0 Å². The minimum Gasteiger partial charge on any atom is -0.493 e. The highest BCUT2D eigenvalue weighted by Gasteiger charge is 2.33. The Hall–Kier alpha value is -2.73.